The van der Waals surface area contributed by atoms with Gasteiger partial charge in [0.05, 0.1) is 36.1 Å². The molecule has 0 N–H and O–H groups in total. The van der Waals surface area contributed by atoms with E-state index in [2.05, 4.69) is 4.99 Å². The van der Waals surface area contributed by atoms with E-state index in [1.165, 1.54) is 18.4 Å². The van der Waals surface area contributed by atoms with Crippen LogP contribution in [0.3, 0.4) is 0 Å². The summed E-state index contributed by atoms with van der Waals surface area (Å²) < 4.78 is 18.9. The maximum Gasteiger partial charge on any atom is 0.338 e. The molecule has 4 aromatic rings. The van der Waals surface area contributed by atoms with Gasteiger partial charge in [0.2, 0.25) is 0 Å². The lowest BCUT2D eigenvalue weighted by molar-refractivity contribution is -0.136. The standard InChI is InChI=1S/C33H33N3O5S/c1-20-9-7-8-10-26(20)41-19-24-17-22(11-16-27(24)39-5)18-28-31(37)36-30(23-12-14-25(15-13-23)35(3)4)29(32(38)40-6)21(2)34-33(36)42-28/h7-18,30H,19H2,1-6H3/b28-18+. The van der Waals surface area contributed by atoms with Gasteiger partial charge in [-0.3, -0.25) is 9.36 Å². The van der Waals surface area contributed by atoms with Crippen molar-refractivity contribution in [2.75, 3.05) is 33.2 Å². The van der Waals surface area contributed by atoms with Gasteiger partial charge in [-0.05, 0) is 66.9 Å². The first-order valence-corrected chi connectivity index (χ1v) is 14.3. The second-order valence-corrected chi connectivity index (χ2v) is 11.2. The van der Waals surface area contributed by atoms with Gasteiger partial charge < -0.3 is 19.1 Å². The van der Waals surface area contributed by atoms with E-state index in [1.54, 1.807) is 18.6 Å². The summed E-state index contributed by atoms with van der Waals surface area (Å²) >= 11 is 1.29. The van der Waals surface area contributed by atoms with Crippen LogP contribution in [-0.2, 0) is 16.1 Å². The van der Waals surface area contributed by atoms with Gasteiger partial charge in [-0.1, -0.05) is 47.7 Å². The number of anilines is 1. The topological polar surface area (TPSA) is 82.4 Å². The molecule has 1 unspecified atom stereocenters. The van der Waals surface area contributed by atoms with Crippen molar-refractivity contribution in [1.29, 1.82) is 0 Å². The number of esters is 1. The third-order valence-corrected chi connectivity index (χ3v) is 8.21. The van der Waals surface area contributed by atoms with Crippen molar-refractivity contribution >= 4 is 29.1 Å². The summed E-state index contributed by atoms with van der Waals surface area (Å²) in [6.45, 7) is 4.08. The number of aryl methyl sites for hydroxylation is 1. The molecule has 8 nitrogen and oxygen atoms in total. The second kappa shape index (κ2) is 12.1. The van der Waals surface area contributed by atoms with Crippen LogP contribution in [-0.4, -0.2) is 38.9 Å². The maximum atomic E-state index is 13.9. The Morgan fingerprint density at radius 3 is 2.43 bits per heavy atom. The van der Waals surface area contributed by atoms with Gasteiger partial charge in [0.15, 0.2) is 4.80 Å². The van der Waals surface area contributed by atoms with E-state index in [-0.39, 0.29) is 5.56 Å². The number of fused-ring (bicyclic) bond motifs is 1. The van der Waals surface area contributed by atoms with Crippen LogP contribution in [0.4, 0.5) is 5.69 Å². The predicted octanol–water partition coefficient (Wildman–Crippen LogP) is 4.37. The van der Waals surface area contributed by atoms with Crippen molar-refractivity contribution in [3.63, 3.8) is 0 Å². The minimum absolute atomic E-state index is 0.233. The highest BCUT2D eigenvalue weighted by molar-refractivity contribution is 7.07. The quantitative estimate of drug-likeness (QED) is 0.287. The number of allylic oxidation sites excluding steroid dienone is 1. The zero-order chi connectivity index (χ0) is 30.0. The molecule has 0 saturated heterocycles. The molecule has 1 atom stereocenters. The number of nitrogens with zero attached hydrogens (tertiary/aromatic N) is 3. The number of hydrogen-bond acceptors (Lipinski definition) is 8. The molecule has 3 aromatic carbocycles. The fraction of sp³-hybridized carbons (Fsp3) is 0.242. The predicted molar refractivity (Wildman–Crippen MR) is 165 cm³/mol. The van der Waals surface area contributed by atoms with E-state index in [1.807, 2.05) is 98.7 Å². The summed E-state index contributed by atoms with van der Waals surface area (Å²) in [4.78, 5) is 34.1. The summed E-state index contributed by atoms with van der Waals surface area (Å²) in [7, 11) is 6.88. The van der Waals surface area contributed by atoms with Crippen molar-refractivity contribution in [3.8, 4) is 11.5 Å². The van der Waals surface area contributed by atoms with Crippen molar-refractivity contribution in [2.24, 2.45) is 4.99 Å². The molecule has 1 aliphatic rings. The van der Waals surface area contributed by atoms with Crippen molar-refractivity contribution in [3.05, 3.63) is 120 Å². The van der Waals surface area contributed by atoms with E-state index in [0.717, 1.165) is 33.7 Å². The normalized spacial score (nSPS) is 14.7. The molecule has 0 amide bonds. The molecule has 1 aromatic heterocycles. The lowest BCUT2D eigenvalue weighted by Crippen LogP contribution is -2.39. The highest BCUT2D eigenvalue weighted by Crippen LogP contribution is 2.31. The van der Waals surface area contributed by atoms with Crippen LogP contribution in [0.1, 0.15) is 35.2 Å². The number of carbonyl (C=O) groups excluding carboxylic acids is 1. The number of carbonyl (C=O) groups is 1. The van der Waals surface area contributed by atoms with Crippen molar-refractivity contribution in [2.45, 2.75) is 26.5 Å². The van der Waals surface area contributed by atoms with Crippen LogP contribution in [0.2, 0.25) is 0 Å². The number of ether oxygens (including phenoxy) is 3. The fourth-order valence-electron chi connectivity index (χ4n) is 4.99. The molecule has 1 aliphatic heterocycles. The van der Waals surface area contributed by atoms with E-state index < -0.39 is 12.0 Å². The molecular formula is C33H33N3O5S. The molecule has 0 saturated carbocycles. The highest BCUT2D eigenvalue weighted by Gasteiger charge is 2.33. The highest BCUT2D eigenvalue weighted by atomic mass is 32.1. The first-order chi connectivity index (χ1) is 20.2. The van der Waals surface area contributed by atoms with Crippen LogP contribution in [0.25, 0.3) is 6.08 Å². The zero-order valence-electron chi connectivity index (χ0n) is 24.5. The zero-order valence-corrected chi connectivity index (χ0v) is 25.3. The van der Waals surface area contributed by atoms with Crippen molar-refractivity contribution in [1.82, 2.24) is 4.57 Å². The molecule has 42 heavy (non-hydrogen) atoms. The lowest BCUT2D eigenvalue weighted by atomic mass is 9.95. The van der Waals surface area contributed by atoms with Crippen LogP contribution in [0.15, 0.2) is 87.8 Å². The van der Waals surface area contributed by atoms with E-state index in [0.29, 0.717) is 33.0 Å². The number of hydrogen-bond donors (Lipinski definition) is 0. The van der Waals surface area contributed by atoms with Gasteiger partial charge >= 0.3 is 5.97 Å². The summed E-state index contributed by atoms with van der Waals surface area (Å²) in [5, 5.41) is 0. The van der Waals surface area contributed by atoms with Crippen LogP contribution in [0, 0.1) is 6.92 Å². The summed E-state index contributed by atoms with van der Waals surface area (Å²) in [5.41, 5.74) is 5.15. The SMILES string of the molecule is COC(=O)C1=C(C)N=c2s/c(=C/c3ccc(OC)c(COc4ccccc4C)c3)c(=O)n2C1c1ccc(N(C)C)cc1. The van der Waals surface area contributed by atoms with Gasteiger partial charge in [-0.2, -0.15) is 0 Å². The Labute approximate surface area is 248 Å². The number of benzene rings is 3. The Bertz CT molecular complexity index is 1850. The largest absolute Gasteiger partial charge is 0.496 e. The van der Waals surface area contributed by atoms with Crippen LogP contribution >= 0.6 is 11.3 Å². The van der Waals surface area contributed by atoms with Gasteiger partial charge in [-0.15, -0.1) is 0 Å². The second-order valence-electron chi connectivity index (χ2n) is 10.2. The minimum atomic E-state index is -0.666. The number of rotatable bonds is 8. The first-order valence-electron chi connectivity index (χ1n) is 13.4. The maximum absolute atomic E-state index is 13.9. The molecule has 0 radical (unpaired) electrons. The summed E-state index contributed by atoms with van der Waals surface area (Å²) in [5.74, 6) is 0.982. The number of aromatic nitrogens is 1. The molecule has 0 aliphatic carbocycles. The molecule has 216 valence electrons. The summed E-state index contributed by atoms with van der Waals surface area (Å²) in [6.07, 6.45) is 1.84. The Kier molecular flexibility index (Phi) is 8.31. The molecule has 9 heteroatoms. The Morgan fingerprint density at radius 2 is 1.76 bits per heavy atom. The summed E-state index contributed by atoms with van der Waals surface area (Å²) in [6, 6.07) is 20.7. The first kappa shape index (κ1) is 28.9. The Morgan fingerprint density at radius 1 is 1.02 bits per heavy atom. The molecule has 5 rings (SSSR count). The molecule has 0 fully saturated rings. The fourth-order valence-corrected chi connectivity index (χ4v) is 6.04. The van der Waals surface area contributed by atoms with Crippen LogP contribution in [0.5, 0.6) is 11.5 Å². The smallest absolute Gasteiger partial charge is 0.338 e. The van der Waals surface area contributed by atoms with Gasteiger partial charge in [-0.25, -0.2) is 9.79 Å². The van der Waals surface area contributed by atoms with Gasteiger partial charge in [0, 0.05) is 25.3 Å². The van der Waals surface area contributed by atoms with E-state index in [9.17, 15) is 9.59 Å². The van der Waals surface area contributed by atoms with Gasteiger partial charge in [0.25, 0.3) is 5.56 Å². The third-order valence-electron chi connectivity index (χ3n) is 7.23. The molecule has 0 spiro atoms. The monoisotopic (exact) mass is 583 g/mol. The minimum Gasteiger partial charge on any atom is -0.496 e. The van der Waals surface area contributed by atoms with E-state index >= 15 is 0 Å². The van der Waals surface area contributed by atoms with Crippen molar-refractivity contribution < 1.29 is 19.0 Å². The molecular weight excluding hydrogens is 550 g/mol. The molecule has 2 heterocycles. The molecule has 0 bridgehead atoms. The number of para-hydroxylation sites is 1. The van der Waals surface area contributed by atoms with Gasteiger partial charge in [0.1, 0.15) is 18.1 Å². The van der Waals surface area contributed by atoms with E-state index in [4.69, 9.17) is 14.2 Å². The Balaban J connectivity index is 1.58. The Hall–Kier alpha value is -4.63. The third kappa shape index (κ3) is 5.60. The number of methoxy groups -OCH3 is 2. The average molecular weight is 584 g/mol. The number of thiazole rings is 1. The lowest BCUT2D eigenvalue weighted by Gasteiger charge is -2.25. The van der Waals surface area contributed by atoms with Crippen LogP contribution < -0.4 is 29.3 Å². The average Bonchev–Trinajstić information content (AvgIpc) is 3.29.